The summed E-state index contributed by atoms with van der Waals surface area (Å²) < 4.78 is 16.8. The van der Waals surface area contributed by atoms with Crippen LogP contribution in [0.5, 0.6) is 0 Å². The second kappa shape index (κ2) is 5.32. The van der Waals surface area contributed by atoms with Gasteiger partial charge in [0.05, 0.1) is 0 Å². The number of hydrogen-bond donors (Lipinski definition) is 0. The highest BCUT2D eigenvalue weighted by Crippen LogP contribution is 2.11. The summed E-state index contributed by atoms with van der Waals surface area (Å²) in [6.45, 7) is 5.32. The third kappa shape index (κ3) is 4.63. The number of rotatable bonds is 3. The normalized spacial score (nSPS) is 13.2. The first-order chi connectivity index (χ1) is 7.38. The molecule has 0 bridgehead atoms. The molecule has 0 unspecified atom stereocenters. The molecule has 0 aromatic carbocycles. The summed E-state index contributed by atoms with van der Waals surface area (Å²) in [5.74, 6) is -0.634. The summed E-state index contributed by atoms with van der Waals surface area (Å²) in [4.78, 5) is 15.3. The number of carbonyl (C=O) groups excluding carboxylic acids is 1. The highest BCUT2D eigenvalue weighted by atomic mass is 32.2. The summed E-state index contributed by atoms with van der Waals surface area (Å²) >= 11 is -1.43. The van der Waals surface area contributed by atoms with Gasteiger partial charge in [-0.2, -0.15) is 0 Å². The Kier molecular flexibility index (Phi) is 4.32. The SMILES string of the molecule is CC(C)(C)OC(=O)C[S@+]([O-])c1ccccn1. The summed E-state index contributed by atoms with van der Waals surface area (Å²) in [6.07, 6.45) is 1.54. The van der Waals surface area contributed by atoms with Crippen molar-refractivity contribution in [2.75, 3.05) is 5.75 Å². The second-order valence-electron chi connectivity index (χ2n) is 4.24. The molecule has 0 fully saturated rings. The topological polar surface area (TPSA) is 62.2 Å². The molecule has 88 valence electrons. The Hall–Kier alpha value is -1.07. The fourth-order valence-corrected chi connectivity index (χ4v) is 1.86. The summed E-state index contributed by atoms with van der Waals surface area (Å²) in [5, 5.41) is 0.397. The molecule has 5 heteroatoms. The Morgan fingerprint density at radius 2 is 2.19 bits per heavy atom. The van der Waals surface area contributed by atoms with E-state index in [1.165, 1.54) is 0 Å². The number of aromatic nitrogens is 1. The van der Waals surface area contributed by atoms with Crippen LogP contribution in [0.3, 0.4) is 0 Å². The minimum absolute atomic E-state index is 0.158. The molecule has 1 aromatic heterocycles. The first-order valence-corrected chi connectivity index (χ1v) is 6.21. The molecule has 0 saturated heterocycles. The predicted molar refractivity (Wildman–Crippen MR) is 61.4 cm³/mol. The zero-order chi connectivity index (χ0) is 12.2. The molecule has 1 rings (SSSR count). The smallest absolute Gasteiger partial charge is 0.357 e. The zero-order valence-electron chi connectivity index (χ0n) is 9.60. The Balaban J connectivity index is 2.52. The third-order valence-electron chi connectivity index (χ3n) is 1.54. The Morgan fingerprint density at radius 3 is 2.69 bits per heavy atom. The second-order valence-corrected chi connectivity index (χ2v) is 5.64. The molecule has 0 spiro atoms. The van der Waals surface area contributed by atoms with Crippen LogP contribution in [0.15, 0.2) is 29.4 Å². The molecule has 0 N–H and O–H groups in total. The predicted octanol–water partition coefficient (Wildman–Crippen LogP) is 1.53. The zero-order valence-corrected chi connectivity index (χ0v) is 10.4. The van der Waals surface area contributed by atoms with Crippen LogP contribution in [0, 0.1) is 0 Å². The van der Waals surface area contributed by atoms with Gasteiger partial charge in [-0.15, -0.1) is 0 Å². The van der Waals surface area contributed by atoms with Crippen molar-refractivity contribution >= 4 is 17.1 Å². The van der Waals surface area contributed by atoms with Gasteiger partial charge < -0.3 is 9.29 Å². The van der Waals surface area contributed by atoms with Gasteiger partial charge >= 0.3 is 5.97 Å². The maximum atomic E-state index is 11.7. The van der Waals surface area contributed by atoms with Gasteiger partial charge in [0.1, 0.15) is 5.60 Å². The van der Waals surface area contributed by atoms with Gasteiger partial charge in [0, 0.05) is 23.4 Å². The van der Waals surface area contributed by atoms with Crippen LogP contribution in [0.2, 0.25) is 0 Å². The molecule has 1 heterocycles. The molecule has 0 radical (unpaired) electrons. The lowest BCUT2D eigenvalue weighted by Gasteiger charge is -2.19. The van der Waals surface area contributed by atoms with Crippen molar-refractivity contribution in [1.82, 2.24) is 4.98 Å². The lowest BCUT2D eigenvalue weighted by Crippen LogP contribution is -2.28. The highest BCUT2D eigenvalue weighted by Gasteiger charge is 2.23. The molecule has 4 nitrogen and oxygen atoms in total. The van der Waals surface area contributed by atoms with Crippen LogP contribution in [-0.4, -0.2) is 26.9 Å². The first-order valence-electron chi connectivity index (χ1n) is 4.90. The Labute approximate surface area is 98.2 Å². The average molecular weight is 241 g/mol. The van der Waals surface area contributed by atoms with Gasteiger partial charge in [-0.3, -0.25) is 0 Å². The molecule has 1 aromatic rings. The van der Waals surface area contributed by atoms with Crippen LogP contribution in [-0.2, 0) is 20.7 Å². The molecule has 16 heavy (non-hydrogen) atoms. The van der Waals surface area contributed by atoms with Crippen molar-refractivity contribution in [1.29, 1.82) is 0 Å². The van der Waals surface area contributed by atoms with Crippen LogP contribution in [0.25, 0.3) is 0 Å². The third-order valence-corrected chi connectivity index (χ3v) is 2.75. The van der Waals surface area contributed by atoms with Crippen molar-refractivity contribution < 1.29 is 14.1 Å². The largest absolute Gasteiger partial charge is 0.610 e. The van der Waals surface area contributed by atoms with E-state index in [2.05, 4.69) is 4.98 Å². The van der Waals surface area contributed by atoms with E-state index in [-0.39, 0.29) is 5.75 Å². The molecule has 0 saturated carbocycles. The molecule has 1 atom stereocenters. The number of nitrogens with zero attached hydrogens (tertiary/aromatic N) is 1. The first kappa shape index (κ1) is 13.0. The van der Waals surface area contributed by atoms with Gasteiger partial charge in [0.25, 0.3) is 0 Å². The molecular weight excluding hydrogens is 226 g/mol. The highest BCUT2D eigenvalue weighted by molar-refractivity contribution is 7.92. The quantitative estimate of drug-likeness (QED) is 0.594. The standard InChI is InChI=1S/C11H15NO3S/c1-11(2,3)15-10(13)8-16(14)9-6-4-5-7-12-9/h4-7H,8H2,1-3H3/t16-/m0/s1. The summed E-state index contributed by atoms with van der Waals surface area (Å²) in [7, 11) is 0. The van der Waals surface area contributed by atoms with Gasteiger partial charge in [-0.25, -0.2) is 9.78 Å². The molecule has 0 aliphatic heterocycles. The number of hydrogen-bond acceptors (Lipinski definition) is 4. The fraction of sp³-hybridized carbons (Fsp3) is 0.455. The molecule has 0 amide bonds. The van der Waals surface area contributed by atoms with Crippen molar-refractivity contribution in [3.05, 3.63) is 24.4 Å². The van der Waals surface area contributed by atoms with Crippen molar-refractivity contribution in [2.45, 2.75) is 31.4 Å². The fourth-order valence-electron chi connectivity index (χ4n) is 1.03. The van der Waals surface area contributed by atoms with E-state index in [0.29, 0.717) is 5.03 Å². The molecule has 0 aliphatic carbocycles. The van der Waals surface area contributed by atoms with Crippen molar-refractivity contribution in [2.24, 2.45) is 0 Å². The molecular formula is C11H15NO3S. The lowest BCUT2D eigenvalue weighted by molar-refractivity contribution is -0.151. The Bertz CT molecular complexity index is 348. The van der Waals surface area contributed by atoms with Gasteiger partial charge in [-0.05, 0) is 26.8 Å². The maximum absolute atomic E-state index is 11.7. The van der Waals surface area contributed by atoms with E-state index in [0.717, 1.165) is 0 Å². The van der Waals surface area contributed by atoms with E-state index in [4.69, 9.17) is 4.74 Å². The molecule has 0 aliphatic rings. The summed E-state index contributed by atoms with van der Waals surface area (Å²) in [6, 6.07) is 5.09. The number of esters is 1. The van der Waals surface area contributed by atoms with E-state index in [9.17, 15) is 9.35 Å². The van der Waals surface area contributed by atoms with E-state index >= 15 is 0 Å². The van der Waals surface area contributed by atoms with Crippen molar-refractivity contribution in [3.63, 3.8) is 0 Å². The average Bonchev–Trinajstić information content (AvgIpc) is 2.16. The van der Waals surface area contributed by atoms with Gasteiger partial charge in [-0.1, -0.05) is 6.07 Å². The van der Waals surface area contributed by atoms with Crippen molar-refractivity contribution in [3.8, 4) is 0 Å². The monoisotopic (exact) mass is 241 g/mol. The number of ether oxygens (including phenoxy) is 1. The van der Waals surface area contributed by atoms with Gasteiger partial charge in [0.15, 0.2) is 0 Å². The summed E-state index contributed by atoms with van der Waals surface area (Å²) in [5.41, 5.74) is -0.550. The van der Waals surface area contributed by atoms with Gasteiger partial charge in [0.2, 0.25) is 10.8 Å². The minimum atomic E-state index is -1.43. The van der Waals surface area contributed by atoms with Crippen LogP contribution in [0.4, 0.5) is 0 Å². The minimum Gasteiger partial charge on any atom is -0.610 e. The van der Waals surface area contributed by atoms with Crippen LogP contribution in [0.1, 0.15) is 20.8 Å². The number of carbonyl (C=O) groups is 1. The lowest BCUT2D eigenvalue weighted by atomic mass is 10.2. The number of pyridine rings is 1. The van der Waals surface area contributed by atoms with Crippen LogP contribution < -0.4 is 0 Å². The van der Waals surface area contributed by atoms with E-state index in [1.807, 2.05) is 0 Å². The Morgan fingerprint density at radius 1 is 1.50 bits per heavy atom. The maximum Gasteiger partial charge on any atom is 0.357 e. The van der Waals surface area contributed by atoms with Crippen LogP contribution >= 0.6 is 0 Å². The van der Waals surface area contributed by atoms with E-state index in [1.54, 1.807) is 45.2 Å². The van der Waals surface area contributed by atoms with E-state index < -0.39 is 22.7 Å².